The molecule has 0 spiro atoms. The molecule has 0 amide bonds. The van der Waals surface area contributed by atoms with Crippen molar-refractivity contribution in [3.05, 3.63) is 48.6 Å². The van der Waals surface area contributed by atoms with E-state index in [2.05, 4.69) is 18.4 Å². The lowest BCUT2D eigenvalue weighted by molar-refractivity contribution is -0.161. The van der Waals surface area contributed by atoms with E-state index < -0.39 is 44.7 Å². The molecule has 0 aromatic rings. The molecule has 0 rings (SSSR count). The average Bonchev–Trinajstić information content (AvgIpc) is 3.14. The van der Waals surface area contributed by atoms with Crippen molar-refractivity contribution in [1.82, 2.24) is 0 Å². The average molecular weight is 799 g/mol. The molecular formula is C44H79O10P. The van der Waals surface area contributed by atoms with Crippen LogP contribution in [-0.4, -0.2) is 63.5 Å². The topological polar surface area (TPSA) is 160 Å². The van der Waals surface area contributed by atoms with Gasteiger partial charge in [-0.3, -0.25) is 14.1 Å². The van der Waals surface area contributed by atoms with Gasteiger partial charge in [-0.15, -0.1) is 0 Å². The smallest absolute Gasteiger partial charge is 0.462 e. The van der Waals surface area contributed by atoms with Crippen LogP contribution in [0.15, 0.2) is 48.6 Å². The van der Waals surface area contributed by atoms with E-state index in [9.17, 15) is 24.4 Å². The van der Waals surface area contributed by atoms with Crippen molar-refractivity contribution in [1.29, 1.82) is 0 Å². The Morgan fingerprint density at radius 1 is 0.545 bits per heavy atom. The molecule has 10 nitrogen and oxygen atoms in total. The van der Waals surface area contributed by atoms with Gasteiger partial charge < -0.3 is 29.5 Å². The normalized spacial score (nSPS) is 14.1. The van der Waals surface area contributed by atoms with Crippen LogP contribution in [0, 0.1) is 0 Å². The number of aliphatic hydroxyl groups excluding tert-OH is 2. The Kier molecular flexibility index (Phi) is 37.3. The molecular weight excluding hydrogens is 719 g/mol. The van der Waals surface area contributed by atoms with Gasteiger partial charge in [-0.25, -0.2) is 4.57 Å². The first kappa shape index (κ1) is 52.9. The molecule has 0 saturated carbocycles. The van der Waals surface area contributed by atoms with E-state index in [1.54, 1.807) is 18.2 Å². The van der Waals surface area contributed by atoms with Gasteiger partial charge in [0.25, 0.3) is 0 Å². The van der Waals surface area contributed by atoms with E-state index >= 15 is 0 Å². The van der Waals surface area contributed by atoms with Gasteiger partial charge in [-0.05, 0) is 32.1 Å². The third-order valence-electron chi connectivity index (χ3n) is 9.31. The van der Waals surface area contributed by atoms with Crippen LogP contribution in [0.25, 0.3) is 0 Å². The minimum atomic E-state index is -4.81. The Labute approximate surface area is 334 Å². The first-order valence-electron chi connectivity index (χ1n) is 21.6. The van der Waals surface area contributed by atoms with Crippen LogP contribution in [0.1, 0.15) is 187 Å². The van der Waals surface area contributed by atoms with Crippen LogP contribution in [0.5, 0.6) is 0 Å². The number of phosphoric acid groups is 1. The number of allylic oxidation sites excluding steroid dienone is 6. The largest absolute Gasteiger partial charge is 0.469 e. The molecule has 0 aliphatic rings. The van der Waals surface area contributed by atoms with Gasteiger partial charge in [-0.1, -0.05) is 191 Å². The highest BCUT2D eigenvalue weighted by molar-refractivity contribution is 7.46. The molecule has 0 bridgehead atoms. The summed E-state index contributed by atoms with van der Waals surface area (Å²) in [4.78, 5) is 42.9. The van der Waals surface area contributed by atoms with Crippen molar-refractivity contribution in [3.8, 4) is 0 Å². The Morgan fingerprint density at radius 2 is 0.964 bits per heavy atom. The zero-order valence-corrected chi connectivity index (χ0v) is 35.4. The Morgan fingerprint density at radius 3 is 1.44 bits per heavy atom. The molecule has 55 heavy (non-hydrogen) atoms. The van der Waals surface area contributed by atoms with Crippen molar-refractivity contribution in [2.75, 3.05) is 13.2 Å². The molecule has 0 fully saturated rings. The van der Waals surface area contributed by atoms with Gasteiger partial charge in [0.15, 0.2) is 6.10 Å². The Hall–Kier alpha value is -2.07. The Bertz CT molecular complexity index is 1070. The number of hydrogen-bond acceptors (Lipinski definition) is 8. The van der Waals surface area contributed by atoms with Gasteiger partial charge in [0.2, 0.25) is 0 Å². The lowest BCUT2D eigenvalue weighted by Crippen LogP contribution is -2.29. The number of hydrogen-bond donors (Lipinski definition) is 4. The Balaban J connectivity index is 4.11. The lowest BCUT2D eigenvalue weighted by Gasteiger charge is -2.18. The predicted octanol–water partition coefficient (Wildman–Crippen LogP) is 11.1. The number of unbranched alkanes of at least 4 members (excludes halogenated alkanes) is 19. The number of esters is 2. The number of rotatable bonds is 39. The predicted molar refractivity (Wildman–Crippen MR) is 223 cm³/mol. The maximum Gasteiger partial charge on any atom is 0.469 e. The number of carbonyl (C=O) groups excluding carboxylic acids is 2. The number of phosphoric ester groups is 1. The van der Waals surface area contributed by atoms with Crippen LogP contribution in [0.3, 0.4) is 0 Å². The first-order valence-corrected chi connectivity index (χ1v) is 23.2. The molecule has 0 saturated heterocycles. The second-order valence-electron chi connectivity index (χ2n) is 14.7. The second-order valence-corrected chi connectivity index (χ2v) is 16.0. The van der Waals surface area contributed by atoms with Crippen LogP contribution in [-0.2, 0) is 28.2 Å². The summed E-state index contributed by atoms with van der Waals surface area (Å²) in [7, 11) is -4.81. The van der Waals surface area contributed by atoms with Gasteiger partial charge in [0.05, 0.1) is 18.8 Å². The van der Waals surface area contributed by atoms with E-state index in [0.717, 1.165) is 44.9 Å². The molecule has 11 heteroatoms. The summed E-state index contributed by atoms with van der Waals surface area (Å²) in [6, 6.07) is 0. The van der Waals surface area contributed by atoms with E-state index in [1.807, 2.05) is 30.4 Å². The maximum atomic E-state index is 12.4. The lowest BCUT2D eigenvalue weighted by atomic mass is 10.0. The van der Waals surface area contributed by atoms with E-state index in [4.69, 9.17) is 19.3 Å². The minimum Gasteiger partial charge on any atom is -0.462 e. The molecule has 0 aliphatic heterocycles. The summed E-state index contributed by atoms with van der Waals surface area (Å²) < 4.78 is 26.3. The molecule has 320 valence electrons. The zero-order chi connectivity index (χ0) is 40.7. The highest BCUT2D eigenvalue weighted by atomic mass is 31.2. The summed E-state index contributed by atoms with van der Waals surface area (Å²) in [5.41, 5.74) is 0. The van der Waals surface area contributed by atoms with Gasteiger partial charge in [-0.2, -0.15) is 0 Å². The number of aliphatic hydroxyl groups is 2. The van der Waals surface area contributed by atoms with Crippen molar-refractivity contribution < 1.29 is 48.2 Å². The summed E-state index contributed by atoms with van der Waals surface area (Å²) in [5, 5.41) is 20.0. The van der Waals surface area contributed by atoms with Crippen molar-refractivity contribution in [2.45, 2.75) is 206 Å². The van der Waals surface area contributed by atoms with Crippen LogP contribution in [0.4, 0.5) is 0 Å². The van der Waals surface area contributed by atoms with E-state index in [-0.39, 0.29) is 19.4 Å². The maximum absolute atomic E-state index is 12.4. The monoisotopic (exact) mass is 799 g/mol. The molecule has 0 heterocycles. The zero-order valence-electron chi connectivity index (χ0n) is 34.5. The van der Waals surface area contributed by atoms with E-state index in [1.165, 1.54) is 89.9 Å². The summed E-state index contributed by atoms with van der Waals surface area (Å²) in [6.45, 7) is 3.40. The molecule has 3 atom stereocenters. The van der Waals surface area contributed by atoms with Crippen LogP contribution >= 0.6 is 7.82 Å². The fourth-order valence-corrected chi connectivity index (χ4v) is 6.36. The molecule has 4 N–H and O–H groups in total. The molecule has 0 aromatic heterocycles. The first-order chi connectivity index (χ1) is 26.6. The standard InChI is InChI=1S/C44H79O10P/c1-3-5-7-8-9-10-11-12-13-14-15-16-17-18-19-23-26-30-36-44(48)54-42(39-53-55(49,50)51)38-52-43(47)37-31-35-41(46)34-29-25-22-20-21-24-28-33-40(45)32-27-6-4-2/h21-22,24-25,28-29,33-34,40-42,45-46H,3-20,23,26-27,30-32,35-39H2,1-2H3,(H2,49,50,51)/b24-21-,25-22-,33-28+,34-29+/t40-,41-,42+/m0/s1. The molecule has 0 aromatic carbocycles. The highest BCUT2D eigenvalue weighted by Gasteiger charge is 2.23. The molecule has 0 radical (unpaired) electrons. The number of carbonyl (C=O) groups is 2. The summed E-state index contributed by atoms with van der Waals surface area (Å²) in [5.74, 6) is -1.11. The summed E-state index contributed by atoms with van der Waals surface area (Å²) >= 11 is 0. The molecule has 0 unspecified atom stereocenters. The second kappa shape index (κ2) is 38.8. The van der Waals surface area contributed by atoms with E-state index in [0.29, 0.717) is 25.7 Å². The van der Waals surface area contributed by atoms with Crippen LogP contribution < -0.4 is 0 Å². The third-order valence-corrected chi connectivity index (χ3v) is 9.79. The van der Waals surface area contributed by atoms with Gasteiger partial charge in [0, 0.05) is 12.8 Å². The third kappa shape index (κ3) is 41.4. The quantitative estimate of drug-likeness (QED) is 0.0204. The van der Waals surface area contributed by atoms with Crippen molar-refractivity contribution in [2.24, 2.45) is 0 Å². The SMILES string of the molecule is CCCCCCCCCCCCCCCCCCCCC(=O)O[C@H](COC(=O)CCC[C@@H](O)/C=C/C=C\C/C=C\C=C\[C@@H](O)CCCCC)COP(=O)(O)O. The fraction of sp³-hybridized carbons (Fsp3) is 0.773. The number of ether oxygens (including phenoxy) is 2. The van der Waals surface area contributed by atoms with Crippen molar-refractivity contribution in [3.63, 3.8) is 0 Å². The van der Waals surface area contributed by atoms with Crippen molar-refractivity contribution >= 4 is 19.8 Å². The minimum absolute atomic E-state index is 0.0195. The highest BCUT2D eigenvalue weighted by Crippen LogP contribution is 2.36. The summed E-state index contributed by atoms with van der Waals surface area (Å²) in [6.07, 6.45) is 40.5. The fourth-order valence-electron chi connectivity index (χ4n) is 6.00. The molecule has 0 aliphatic carbocycles. The van der Waals surface area contributed by atoms with Gasteiger partial charge in [0.1, 0.15) is 6.61 Å². The van der Waals surface area contributed by atoms with Gasteiger partial charge >= 0.3 is 19.8 Å². The van der Waals surface area contributed by atoms with Crippen LogP contribution in [0.2, 0.25) is 0 Å².